The van der Waals surface area contributed by atoms with Crippen LogP contribution in [0.2, 0.25) is 0 Å². The van der Waals surface area contributed by atoms with Gasteiger partial charge in [-0.2, -0.15) is 0 Å². The van der Waals surface area contributed by atoms with Crippen LogP contribution in [0.25, 0.3) is 0 Å². The highest BCUT2D eigenvalue weighted by Crippen LogP contribution is 2.29. The number of nitrogens with two attached hydrogens (primary N) is 1. The van der Waals surface area contributed by atoms with Gasteiger partial charge in [-0.3, -0.25) is 4.72 Å². The molecular weight excluding hydrogens is 348 g/mol. The van der Waals surface area contributed by atoms with E-state index in [1.165, 1.54) is 19.1 Å². The van der Waals surface area contributed by atoms with Gasteiger partial charge in [0.15, 0.2) is 16.5 Å². The molecule has 1 fully saturated rings. The topological polar surface area (TPSA) is 139 Å². The fourth-order valence-corrected chi connectivity index (χ4v) is 4.17. The van der Waals surface area contributed by atoms with Crippen molar-refractivity contribution in [1.29, 1.82) is 0 Å². The molecule has 2 aromatic rings. The summed E-state index contributed by atoms with van der Waals surface area (Å²) in [6, 6.07) is 4.60. The van der Waals surface area contributed by atoms with Crippen molar-refractivity contribution in [3.8, 4) is 0 Å². The van der Waals surface area contributed by atoms with Gasteiger partial charge in [0.25, 0.3) is 10.0 Å². The van der Waals surface area contributed by atoms with Crippen molar-refractivity contribution >= 4 is 33.2 Å². The molecule has 1 saturated heterocycles. The predicted octanol–water partition coefficient (Wildman–Crippen LogP) is 1.66. The van der Waals surface area contributed by atoms with E-state index < -0.39 is 16.0 Å². The first-order chi connectivity index (χ1) is 11.8. The Hall–Kier alpha value is -2.75. The van der Waals surface area contributed by atoms with Gasteiger partial charge in [0.1, 0.15) is 0 Å². The average Bonchev–Trinajstić information content (AvgIpc) is 3.17. The zero-order valence-corrected chi connectivity index (χ0v) is 14.3. The maximum Gasteiger partial charge on any atom is 0.337 e. The number of carboxylic acids is 1. The monoisotopic (exact) mass is 366 g/mol. The smallest absolute Gasteiger partial charge is 0.337 e. The Morgan fingerprint density at radius 1 is 1.36 bits per heavy atom. The molecule has 0 aliphatic carbocycles. The second kappa shape index (κ2) is 6.28. The van der Waals surface area contributed by atoms with E-state index in [-0.39, 0.29) is 27.7 Å². The Morgan fingerprint density at radius 3 is 2.60 bits per heavy atom. The number of carboxylic acid groups (broad SMARTS) is 1. The molecule has 0 spiro atoms. The molecule has 1 aromatic heterocycles. The van der Waals surface area contributed by atoms with Gasteiger partial charge in [-0.05, 0) is 38.0 Å². The lowest BCUT2D eigenvalue weighted by Gasteiger charge is -2.19. The Balaban J connectivity index is 1.98. The molecule has 0 atom stereocenters. The van der Waals surface area contributed by atoms with Gasteiger partial charge in [0.05, 0.1) is 11.3 Å². The molecule has 25 heavy (non-hydrogen) atoms. The van der Waals surface area contributed by atoms with Crippen molar-refractivity contribution in [3.05, 3.63) is 29.5 Å². The van der Waals surface area contributed by atoms with Crippen LogP contribution in [-0.2, 0) is 10.0 Å². The number of benzene rings is 1. The van der Waals surface area contributed by atoms with E-state index in [4.69, 9.17) is 10.3 Å². The molecule has 0 unspecified atom stereocenters. The van der Waals surface area contributed by atoms with Gasteiger partial charge in [0, 0.05) is 18.8 Å². The predicted molar refractivity (Wildman–Crippen MR) is 91.3 cm³/mol. The minimum absolute atomic E-state index is 0.0237. The summed E-state index contributed by atoms with van der Waals surface area (Å²) in [5.41, 5.74) is 6.10. The second-order valence-electron chi connectivity index (χ2n) is 5.79. The maximum absolute atomic E-state index is 12.5. The van der Waals surface area contributed by atoms with E-state index in [1.54, 1.807) is 6.07 Å². The van der Waals surface area contributed by atoms with Crippen molar-refractivity contribution < 1.29 is 22.8 Å². The van der Waals surface area contributed by atoms with Crippen molar-refractivity contribution in [1.82, 2.24) is 5.16 Å². The molecule has 0 bridgehead atoms. The van der Waals surface area contributed by atoms with E-state index in [9.17, 15) is 18.3 Å². The van der Waals surface area contributed by atoms with Gasteiger partial charge in [-0.25, -0.2) is 13.2 Å². The van der Waals surface area contributed by atoms with Gasteiger partial charge in [-0.1, -0.05) is 5.16 Å². The summed E-state index contributed by atoms with van der Waals surface area (Å²) < 4.78 is 32.1. The van der Waals surface area contributed by atoms with E-state index in [0.717, 1.165) is 31.6 Å². The summed E-state index contributed by atoms with van der Waals surface area (Å²) in [6.07, 6.45) is 2.09. The highest BCUT2D eigenvalue weighted by molar-refractivity contribution is 7.93. The fourth-order valence-electron chi connectivity index (χ4n) is 2.87. The number of rotatable bonds is 5. The first-order valence-corrected chi connectivity index (χ1v) is 9.15. The number of aromatic nitrogens is 1. The van der Waals surface area contributed by atoms with Crippen LogP contribution in [0.1, 0.15) is 29.0 Å². The van der Waals surface area contributed by atoms with Gasteiger partial charge < -0.3 is 20.3 Å². The molecule has 2 heterocycles. The van der Waals surface area contributed by atoms with Crippen LogP contribution >= 0.6 is 0 Å². The number of hydrogen-bond donors (Lipinski definition) is 3. The average molecular weight is 366 g/mol. The Bertz CT molecular complexity index is 896. The van der Waals surface area contributed by atoms with Crippen molar-refractivity contribution in [3.63, 3.8) is 0 Å². The molecule has 134 valence electrons. The zero-order chi connectivity index (χ0) is 18.2. The van der Waals surface area contributed by atoms with Crippen LogP contribution in [0.4, 0.5) is 17.2 Å². The lowest BCUT2D eigenvalue weighted by molar-refractivity contribution is 0.0698. The number of anilines is 3. The third kappa shape index (κ3) is 3.25. The normalized spacial score (nSPS) is 14.7. The second-order valence-corrected chi connectivity index (χ2v) is 7.41. The fraction of sp³-hybridized carbons (Fsp3) is 0.333. The van der Waals surface area contributed by atoms with E-state index >= 15 is 0 Å². The maximum atomic E-state index is 12.5. The van der Waals surface area contributed by atoms with Crippen LogP contribution in [0.3, 0.4) is 0 Å². The number of nitrogens with zero attached hydrogens (tertiary/aromatic N) is 2. The van der Waals surface area contributed by atoms with Crippen molar-refractivity contribution in [2.24, 2.45) is 0 Å². The van der Waals surface area contributed by atoms with Gasteiger partial charge >= 0.3 is 5.97 Å². The van der Waals surface area contributed by atoms with Crippen LogP contribution < -0.4 is 15.4 Å². The van der Waals surface area contributed by atoms with Crippen LogP contribution in [0.15, 0.2) is 27.6 Å². The Morgan fingerprint density at radius 2 is 2.04 bits per heavy atom. The summed E-state index contributed by atoms with van der Waals surface area (Å²) in [5.74, 6) is -1.49. The number of aryl methyl sites for hydroxylation is 1. The third-order valence-electron chi connectivity index (χ3n) is 4.05. The number of hydrogen-bond acceptors (Lipinski definition) is 7. The zero-order valence-electron chi connectivity index (χ0n) is 13.5. The van der Waals surface area contributed by atoms with Gasteiger partial charge in [0.2, 0.25) is 0 Å². The third-order valence-corrected chi connectivity index (χ3v) is 5.57. The molecule has 1 aromatic carbocycles. The number of nitrogens with one attached hydrogen (secondary N) is 1. The highest BCUT2D eigenvalue weighted by atomic mass is 32.2. The molecule has 0 radical (unpaired) electrons. The van der Waals surface area contributed by atoms with Crippen molar-refractivity contribution in [2.45, 2.75) is 24.7 Å². The summed E-state index contributed by atoms with van der Waals surface area (Å²) in [4.78, 5) is 13.3. The molecule has 9 nitrogen and oxygen atoms in total. The lowest BCUT2D eigenvalue weighted by atomic mass is 10.1. The summed E-state index contributed by atoms with van der Waals surface area (Å²) in [5, 5.41) is 12.9. The highest BCUT2D eigenvalue weighted by Gasteiger charge is 2.27. The van der Waals surface area contributed by atoms with Crippen molar-refractivity contribution in [2.75, 3.05) is 28.4 Å². The van der Waals surface area contributed by atoms with Crippen LogP contribution in [-0.4, -0.2) is 37.7 Å². The van der Waals surface area contributed by atoms with Crippen LogP contribution in [0.5, 0.6) is 0 Å². The Kier molecular flexibility index (Phi) is 4.29. The van der Waals surface area contributed by atoms with E-state index in [0.29, 0.717) is 0 Å². The molecule has 0 saturated carbocycles. The van der Waals surface area contributed by atoms with E-state index in [1.807, 2.05) is 0 Å². The Labute approximate surface area is 144 Å². The quantitative estimate of drug-likeness (QED) is 0.726. The molecule has 1 aliphatic rings. The number of sulfonamides is 1. The number of carbonyl (C=O) groups is 1. The van der Waals surface area contributed by atoms with Crippen LogP contribution in [0, 0.1) is 6.92 Å². The molecule has 0 amide bonds. The molecular formula is C15H18N4O5S. The molecule has 1 aliphatic heterocycles. The minimum atomic E-state index is -4.13. The molecule has 4 N–H and O–H groups in total. The van der Waals surface area contributed by atoms with Gasteiger partial charge in [-0.15, -0.1) is 0 Å². The summed E-state index contributed by atoms with van der Waals surface area (Å²) in [6.45, 7) is 3.10. The van der Waals surface area contributed by atoms with E-state index in [2.05, 4.69) is 14.8 Å². The molecule has 3 rings (SSSR count). The largest absolute Gasteiger partial charge is 0.478 e. The standard InChI is InChI=1S/C15H18N4O5S/c1-9-13(14(16)17-24-9)25(22,23)18-12-5-4-10(8-11(12)15(20)21)19-6-2-3-7-19/h4-5,8,18H,2-3,6-7H2,1H3,(H2,16,17)(H,20,21). The summed E-state index contributed by atoms with van der Waals surface area (Å²) in [7, 11) is -4.13. The first-order valence-electron chi connectivity index (χ1n) is 7.66. The number of aromatic carboxylic acids is 1. The lowest BCUT2D eigenvalue weighted by Crippen LogP contribution is -2.20. The SMILES string of the molecule is Cc1onc(N)c1S(=O)(=O)Nc1ccc(N2CCCC2)cc1C(=O)O. The molecule has 10 heteroatoms. The summed E-state index contributed by atoms with van der Waals surface area (Å²) >= 11 is 0. The number of nitrogen functional groups attached to an aromatic ring is 1. The minimum Gasteiger partial charge on any atom is -0.478 e. The first kappa shape index (κ1) is 17.1.